The molecule has 0 spiro atoms. The molecule has 2 rings (SSSR count). The Morgan fingerprint density at radius 2 is 2.09 bits per heavy atom. The van der Waals surface area contributed by atoms with Crippen LogP contribution in [0.25, 0.3) is 10.9 Å². The van der Waals surface area contributed by atoms with E-state index in [-0.39, 0.29) is 0 Å². The Labute approximate surface area is 137 Å². The predicted octanol–water partition coefficient (Wildman–Crippen LogP) is 3.57. The summed E-state index contributed by atoms with van der Waals surface area (Å²) in [5.41, 5.74) is 2.38. The van der Waals surface area contributed by atoms with E-state index in [9.17, 15) is 0 Å². The molecule has 1 heterocycles. The zero-order valence-corrected chi connectivity index (χ0v) is 14.5. The molecule has 3 N–H and O–H groups in total. The summed E-state index contributed by atoms with van der Waals surface area (Å²) in [4.78, 5) is 7.55. The van der Waals surface area contributed by atoms with Gasteiger partial charge >= 0.3 is 0 Å². The molecule has 0 saturated heterocycles. The summed E-state index contributed by atoms with van der Waals surface area (Å²) >= 11 is 6.08. The second-order valence-corrected chi connectivity index (χ2v) is 6.37. The Kier molecular flexibility index (Phi) is 5.72. The SMILES string of the molecule is CN=C(NCCc1c[nH]c2ccc(Cl)cc12)NC(C)C(C)C. The van der Waals surface area contributed by atoms with Gasteiger partial charge in [-0.2, -0.15) is 0 Å². The predicted molar refractivity (Wildman–Crippen MR) is 95.8 cm³/mol. The highest BCUT2D eigenvalue weighted by Gasteiger charge is 2.09. The fourth-order valence-corrected chi connectivity index (χ4v) is 2.42. The van der Waals surface area contributed by atoms with Crippen molar-refractivity contribution in [2.45, 2.75) is 33.2 Å². The summed E-state index contributed by atoms with van der Waals surface area (Å²) in [5.74, 6) is 1.41. The molecule has 1 aromatic carbocycles. The van der Waals surface area contributed by atoms with E-state index in [0.29, 0.717) is 12.0 Å². The highest BCUT2D eigenvalue weighted by molar-refractivity contribution is 6.31. The number of guanidine groups is 1. The number of fused-ring (bicyclic) bond motifs is 1. The molecule has 120 valence electrons. The van der Waals surface area contributed by atoms with Gasteiger partial charge in [0.1, 0.15) is 0 Å². The van der Waals surface area contributed by atoms with Crippen molar-refractivity contribution in [3.63, 3.8) is 0 Å². The number of aromatic nitrogens is 1. The van der Waals surface area contributed by atoms with Crippen LogP contribution in [-0.4, -0.2) is 30.6 Å². The van der Waals surface area contributed by atoms with E-state index in [1.165, 1.54) is 10.9 Å². The Morgan fingerprint density at radius 1 is 1.32 bits per heavy atom. The Balaban J connectivity index is 1.93. The molecule has 1 aromatic heterocycles. The van der Waals surface area contributed by atoms with Crippen molar-refractivity contribution in [2.75, 3.05) is 13.6 Å². The Bertz CT molecular complexity index is 645. The van der Waals surface area contributed by atoms with Crippen LogP contribution in [0.1, 0.15) is 26.3 Å². The third kappa shape index (κ3) is 4.17. The van der Waals surface area contributed by atoms with Crippen molar-refractivity contribution < 1.29 is 0 Å². The molecular formula is C17H25ClN4. The minimum Gasteiger partial charge on any atom is -0.361 e. The summed E-state index contributed by atoms with van der Waals surface area (Å²) in [5, 5.41) is 8.72. The van der Waals surface area contributed by atoms with Gasteiger partial charge in [0.05, 0.1) is 0 Å². The van der Waals surface area contributed by atoms with Gasteiger partial charge in [0.25, 0.3) is 0 Å². The molecule has 22 heavy (non-hydrogen) atoms. The Hall–Kier alpha value is -1.68. The third-order valence-electron chi connectivity index (χ3n) is 4.00. The lowest BCUT2D eigenvalue weighted by Gasteiger charge is -2.20. The van der Waals surface area contributed by atoms with Gasteiger partial charge in [-0.1, -0.05) is 25.4 Å². The zero-order chi connectivity index (χ0) is 16.1. The fourth-order valence-electron chi connectivity index (χ4n) is 2.25. The average molecular weight is 321 g/mol. The van der Waals surface area contributed by atoms with Gasteiger partial charge in [-0.25, -0.2) is 0 Å². The normalized spacial score (nSPS) is 13.6. The van der Waals surface area contributed by atoms with E-state index in [1.54, 1.807) is 7.05 Å². The number of aliphatic imine (C=N–C) groups is 1. The second-order valence-electron chi connectivity index (χ2n) is 5.93. The van der Waals surface area contributed by atoms with Gasteiger partial charge in [-0.05, 0) is 43.0 Å². The number of nitrogens with one attached hydrogen (secondary N) is 3. The molecule has 5 heteroatoms. The zero-order valence-electron chi connectivity index (χ0n) is 13.7. The quantitative estimate of drug-likeness (QED) is 0.582. The van der Waals surface area contributed by atoms with Crippen LogP contribution in [0.15, 0.2) is 29.4 Å². The van der Waals surface area contributed by atoms with Crippen LogP contribution in [0, 0.1) is 5.92 Å². The molecule has 0 fully saturated rings. The first-order chi connectivity index (χ1) is 10.5. The summed E-state index contributed by atoms with van der Waals surface area (Å²) in [6.45, 7) is 7.38. The maximum Gasteiger partial charge on any atom is 0.191 e. The first-order valence-electron chi connectivity index (χ1n) is 7.74. The monoisotopic (exact) mass is 320 g/mol. The first-order valence-corrected chi connectivity index (χ1v) is 8.11. The third-order valence-corrected chi connectivity index (χ3v) is 4.24. The number of H-pyrrole nitrogens is 1. The van der Waals surface area contributed by atoms with Gasteiger partial charge in [0, 0.05) is 41.8 Å². The molecule has 0 aliphatic heterocycles. The average Bonchev–Trinajstić information content (AvgIpc) is 2.88. The largest absolute Gasteiger partial charge is 0.361 e. The number of rotatable bonds is 5. The Morgan fingerprint density at radius 3 is 2.77 bits per heavy atom. The minimum atomic E-state index is 0.387. The van der Waals surface area contributed by atoms with Crippen LogP contribution >= 0.6 is 11.6 Å². The van der Waals surface area contributed by atoms with Crippen molar-refractivity contribution in [1.82, 2.24) is 15.6 Å². The molecule has 0 aliphatic rings. The highest BCUT2D eigenvalue weighted by Crippen LogP contribution is 2.22. The van der Waals surface area contributed by atoms with Crippen LogP contribution in [0.4, 0.5) is 0 Å². The summed E-state index contributed by atoms with van der Waals surface area (Å²) < 4.78 is 0. The summed E-state index contributed by atoms with van der Waals surface area (Å²) in [6.07, 6.45) is 2.96. The lowest BCUT2D eigenvalue weighted by atomic mass is 10.1. The number of aromatic amines is 1. The molecular weight excluding hydrogens is 296 g/mol. The molecule has 1 unspecified atom stereocenters. The van der Waals surface area contributed by atoms with Crippen LogP contribution in [0.5, 0.6) is 0 Å². The molecule has 0 bridgehead atoms. The number of nitrogens with zero attached hydrogens (tertiary/aromatic N) is 1. The first kappa shape index (κ1) is 16.7. The molecule has 0 saturated carbocycles. The molecule has 0 amide bonds. The molecule has 2 aromatic rings. The van der Waals surface area contributed by atoms with E-state index in [2.05, 4.69) is 47.6 Å². The summed E-state index contributed by atoms with van der Waals surface area (Å²) in [7, 11) is 1.80. The van der Waals surface area contributed by atoms with Gasteiger partial charge in [-0.3, -0.25) is 4.99 Å². The number of benzene rings is 1. The van der Waals surface area contributed by atoms with Crippen molar-refractivity contribution in [3.8, 4) is 0 Å². The standard InChI is InChI=1S/C17H25ClN4/c1-11(2)12(3)22-17(19-4)20-8-7-13-10-21-16-6-5-14(18)9-15(13)16/h5-6,9-12,21H,7-8H2,1-4H3,(H2,19,20,22). The highest BCUT2D eigenvalue weighted by atomic mass is 35.5. The van der Waals surface area contributed by atoms with Crippen molar-refractivity contribution in [3.05, 3.63) is 35.0 Å². The van der Waals surface area contributed by atoms with E-state index in [0.717, 1.165) is 29.5 Å². The fraction of sp³-hybridized carbons (Fsp3) is 0.471. The van der Waals surface area contributed by atoms with Gasteiger partial charge < -0.3 is 15.6 Å². The molecule has 4 nitrogen and oxygen atoms in total. The van der Waals surface area contributed by atoms with Crippen molar-refractivity contribution in [1.29, 1.82) is 0 Å². The van der Waals surface area contributed by atoms with Crippen LogP contribution < -0.4 is 10.6 Å². The molecule has 0 aliphatic carbocycles. The van der Waals surface area contributed by atoms with Gasteiger partial charge in [0.2, 0.25) is 0 Å². The van der Waals surface area contributed by atoms with E-state index < -0.39 is 0 Å². The molecule has 0 radical (unpaired) electrons. The topological polar surface area (TPSA) is 52.2 Å². The van der Waals surface area contributed by atoms with Crippen LogP contribution in [-0.2, 0) is 6.42 Å². The smallest absolute Gasteiger partial charge is 0.191 e. The number of halogens is 1. The van der Waals surface area contributed by atoms with Crippen LogP contribution in [0.2, 0.25) is 5.02 Å². The van der Waals surface area contributed by atoms with Gasteiger partial charge in [0.15, 0.2) is 5.96 Å². The van der Waals surface area contributed by atoms with Crippen molar-refractivity contribution in [2.24, 2.45) is 10.9 Å². The van der Waals surface area contributed by atoms with Gasteiger partial charge in [-0.15, -0.1) is 0 Å². The van der Waals surface area contributed by atoms with E-state index in [4.69, 9.17) is 11.6 Å². The van der Waals surface area contributed by atoms with E-state index >= 15 is 0 Å². The lowest BCUT2D eigenvalue weighted by molar-refractivity contribution is 0.481. The van der Waals surface area contributed by atoms with E-state index in [1.807, 2.05) is 18.2 Å². The maximum absolute atomic E-state index is 6.08. The van der Waals surface area contributed by atoms with Crippen LogP contribution in [0.3, 0.4) is 0 Å². The number of hydrogen-bond donors (Lipinski definition) is 3. The molecule has 1 atom stereocenters. The maximum atomic E-state index is 6.08. The van der Waals surface area contributed by atoms with Crippen molar-refractivity contribution >= 4 is 28.5 Å². The lowest BCUT2D eigenvalue weighted by Crippen LogP contribution is -2.44. The minimum absolute atomic E-state index is 0.387. The number of hydrogen-bond acceptors (Lipinski definition) is 1. The second kappa shape index (κ2) is 7.54. The summed E-state index contributed by atoms with van der Waals surface area (Å²) in [6, 6.07) is 6.32.